The van der Waals surface area contributed by atoms with Gasteiger partial charge >= 0.3 is 0 Å². The van der Waals surface area contributed by atoms with Crippen molar-refractivity contribution < 1.29 is 8.78 Å². The van der Waals surface area contributed by atoms with Crippen LogP contribution in [0.4, 0.5) is 8.78 Å². The first kappa shape index (κ1) is 15.9. The van der Waals surface area contributed by atoms with Gasteiger partial charge in [0.1, 0.15) is 11.6 Å². The van der Waals surface area contributed by atoms with Gasteiger partial charge in [0.05, 0.1) is 0 Å². The molecule has 0 aromatic heterocycles. The summed E-state index contributed by atoms with van der Waals surface area (Å²) in [5.41, 5.74) is 3.28. The summed E-state index contributed by atoms with van der Waals surface area (Å²) in [6.07, 6.45) is 0.900. The predicted octanol–water partition coefficient (Wildman–Crippen LogP) is 4.52. The lowest BCUT2D eigenvalue weighted by Gasteiger charge is -2.20. The number of hydrogen-bond acceptors (Lipinski definition) is 1. The van der Waals surface area contributed by atoms with E-state index in [0.29, 0.717) is 0 Å². The Labute approximate surface area is 130 Å². The van der Waals surface area contributed by atoms with Gasteiger partial charge in [-0.1, -0.05) is 18.2 Å². The van der Waals surface area contributed by atoms with Gasteiger partial charge in [0.25, 0.3) is 0 Å². The van der Waals surface area contributed by atoms with Crippen molar-refractivity contribution in [3.63, 3.8) is 0 Å². The van der Waals surface area contributed by atoms with Gasteiger partial charge in [0.2, 0.25) is 0 Å². The second kappa shape index (κ2) is 6.12. The molecular formula is C17H18ClF2N. The minimum absolute atomic E-state index is 0. The van der Waals surface area contributed by atoms with Gasteiger partial charge in [0, 0.05) is 12.0 Å². The lowest BCUT2D eigenvalue weighted by molar-refractivity contribution is 0.293. The fourth-order valence-corrected chi connectivity index (χ4v) is 3.13. The summed E-state index contributed by atoms with van der Waals surface area (Å²) in [4.78, 5) is 2.11. The van der Waals surface area contributed by atoms with Gasteiger partial charge in [0.15, 0.2) is 0 Å². The molecule has 2 unspecified atom stereocenters. The molecule has 4 heteroatoms. The molecule has 21 heavy (non-hydrogen) atoms. The highest BCUT2D eigenvalue weighted by atomic mass is 35.5. The van der Waals surface area contributed by atoms with Crippen molar-refractivity contribution in [2.24, 2.45) is 0 Å². The zero-order chi connectivity index (χ0) is 14.3. The van der Waals surface area contributed by atoms with Crippen LogP contribution < -0.4 is 0 Å². The third-order valence-corrected chi connectivity index (χ3v) is 4.14. The number of nitrogens with zero attached hydrogens (tertiary/aromatic N) is 1. The van der Waals surface area contributed by atoms with Crippen LogP contribution in [0, 0.1) is 11.6 Å². The zero-order valence-electron chi connectivity index (χ0n) is 12.0. The van der Waals surface area contributed by atoms with Gasteiger partial charge in [-0.3, -0.25) is 0 Å². The topological polar surface area (TPSA) is 3.24 Å². The molecule has 1 aliphatic rings. The fourth-order valence-electron chi connectivity index (χ4n) is 3.13. The fraction of sp³-hybridized carbons (Fsp3) is 0.294. The van der Waals surface area contributed by atoms with E-state index in [2.05, 4.69) is 4.90 Å². The molecule has 0 amide bonds. The van der Waals surface area contributed by atoms with Crippen LogP contribution in [-0.4, -0.2) is 19.0 Å². The molecule has 0 heterocycles. The van der Waals surface area contributed by atoms with Crippen molar-refractivity contribution in [2.75, 3.05) is 14.1 Å². The van der Waals surface area contributed by atoms with Crippen molar-refractivity contribution in [3.8, 4) is 0 Å². The van der Waals surface area contributed by atoms with E-state index in [1.54, 1.807) is 6.07 Å². The Morgan fingerprint density at radius 2 is 1.52 bits per heavy atom. The number of halogens is 3. The number of rotatable bonds is 2. The Hall–Kier alpha value is -1.45. The molecule has 1 aliphatic carbocycles. The van der Waals surface area contributed by atoms with Gasteiger partial charge in [-0.25, -0.2) is 8.78 Å². The molecule has 2 aromatic rings. The molecule has 112 valence electrons. The highest BCUT2D eigenvalue weighted by Gasteiger charge is 2.33. The second-order valence-electron chi connectivity index (χ2n) is 5.59. The van der Waals surface area contributed by atoms with Crippen LogP contribution in [-0.2, 0) is 0 Å². The van der Waals surface area contributed by atoms with Crippen molar-refractivity contribution in [3.05, 3.63) is 70.8 Å². The van der Waals surface area contributed by atoms with E-state index in [9.17, 15) is 8.78 Å². The Balaban J connectivity index is 0.00000161. The van der Waals surface area contributed by atoms with E-state index in [1.807, 2.05) is 32.3 Å². The first-order valence-electron chi connectivity index (χ1n) is 6.77. The van der Waals surface area contributed by atoms with Crippen LogP contribution in [0.2, 0.25) is 0 Å². The predicted molar refractivity (Wildman–Crippen MR) is 82.9 cm³/mol. The Kier molecular flexibility index (Phi) is 4.64. The molecule has 0 aliphatic heterocycles. The molecule has 2 aromatic carbocycles. The van der Waals surface area contributed by atoms with Crippen LogP contribution in [0.15, 0.2) is 42.5 Å². The van der Waals surface area contributed by atoms with E-state index < -0.39 is 0 Å². The lowest BCUT2D eigenvalue weighted by atomic mass is 9.93. The molecule has 3 rings (SSSR count). The summed E-state index contributed by atoms with van der Waals surface area (Å²) in [5.74, 6) is -0.218. The third-order valence-electron chi connectivity index (χ3n) is 4.14. The molecule has 0 saturated carbocycles. The molecular weight excluding hydrogens is 292 g/mol. The number of hydrogen-bond donors (Lipinski definition) is 0. The molecule has 2 atom stereocenters. The lowest BCUT2D eigenvalue weighted by Crippen LogP contribution is -2.17. The number of benzene rings is 2. The normalized spacial score (nSPS) is 20.2. The standard InChI is InChI=1S/C17H17F2N.ClH/c1-20(2)17-10-15(11-3-5-12(18)6-4-11)14-8-7-13(19)9-16(14)17;/h3-9,15,17H,10H2,1-2H3;1H. The van der Waals surface area contributed by atoms with E-state index in [1.165, 1.54) is 18.2 Å². The SMILES string of the molecule is CN(C)C1CC(c2ccc(F)cc2)c2ccc(F)cc21.Cl. The average molecular weight is 310 g/mol. The van der Waals surface area contributed by atoms with Crippen molar-refractivity contribution in [1.82, 2.24) is 4.90 Å². The van der Waals surface area contributed by atoms with Crippen LogP contribution >= 0.6 is 12.4 Å². The average Bonchev–Trinajstić information content (AvgIpc) is 2.78. The summed E-state index contributed by atoms with van der Waals surface area (Å²) in [6, 6.07) is 11.8. The van der Waals surface area contributed by atoms with Gasteiger partial charge < -0.3 is 4.90 Å². The van der Waals surface area contributed by atoms with Gasteiger partial charge in [-0.2, -0.15) is 0 Å². The smallest absolute Gasteiger partial charge is 0.123 e. The van der Waals surface area contributed by atoms with Crippen molar-refractivity contribution in [2.45, 2.75) is 18.4 Å². The van der Waals surface area contributed by atoms with E-state index in [-0.39, 0.29) is 36.0 Å². The van der Waals surface area contributed by atoms with Crippen LogP contribution in [0.1, 0.15) is 35.1 Å². The van der Waals surface area contributed by atoms with E-state index in [4.69, 9.17) is 0 Å². The van der Waals surface area contributed by atoms with Gasteiger partial charge in [-0.05, 0) is 61.5 Å². The molecule has 0 fully saturated rings. The highest BCUT2D eigenvalue weighted by molar-refractivity contribution is 5.85. The second-order valence-corrected chi connectivity index (χ2v) is 5.59. The number of fused-ring (bicyclic) bond motifs is 1. The summed E-state index contributed by atoms with van der Waals surface area (Å²) in [7, 11) is 4.01. The molecule has 0 spiro atoms. The van der Waals surface area contributed by atoms with Gasteiger partial charge in [-0.15, -0.1) is 12.4 Å². The quantitative estimate of drug-likeness (QED) is 0.788. The minimum atomic E-state index is -0.227. The molecule has 0 N–H and O–H groups in total. The monoisotopic (exact) mass is 309 g/mol. The highest BCUT2D eigenvalue weighted by Crippen LogP contribution is 2.46. The van der Waals surface area contributed by atoms with E-state index >= 15 is 0 Å². The molecule has 0 saturated heterocycles. The molecule has 0 radical (unpaired) electrons. The Morgan fingerprint density at radius 3 is 2.14 bits per heavy atom. The largest absolute Gasteiger partial charge is 0.302 e. The molecule has 1 nitrogen and oxygen atoms in total. The minimum Gasteiger partial charge on any atom is -0.302 e. The summed E-state index contributed by atoms with van der Waals surface area (Å²) < 4.78 is 26.6. The maximum absolute atomic E-state index is 13.5. The van der Waals surface area contributed by atoms with E-state index in [0.717, 1.165) is 23.1 Å². The van der Waals surface area contributed by atoms with Crippen LogP contribution in [0.3, 0.4) is 0 Å². The van der Waals surface area contributed by atoms with Crippen molar-refractivity contribution >= 4 is 12.4 Å². The van der Waals surface area contributed by atoms with Crippen LogP contribution in [0.25, 0.3) is 0 Å². The molecule has 0 bridgehead atoms. The first-order valence-corrected chi connectivity index (χ1v) is 6.77. The zero-order valence-corrected chi connectivity index (χ0v) is 12.8. The maximum atomic E-state index is 13.5. The summed E-state index contributed by atoms with van der Waals surface area (Å²) in [5, 5.41) is 0. The first-order chi connectivity index (χ1) is 9.56. The summed E-state index contributed by atoms with van der Waals surface area (Å²) >= 11 is 0. The maximum Gasteiger partial charge on any atom is 0.123 e. The Bertz CT molecular complexity index is 625. The van der Waals surface area contributed by atoms with Crippen molar-refractivity contribution in [1.29, 1.82) is 0 Å². The Morgan fingerprint density at radius 1 is 0.905 bits per heavy atom. The third kappa shape index (κ3) is 2.94. The summed E-state index contributed by atoms with van der Waals surface area (Å²) in [6.45, 7) is 0. The van der Waals surface area contributed by atoms with Crippen LogP contribution in [0.5, 0.6) is 0 Å².